The predicted octanol–water partition coefficient (Wildman–Crippen LogP) is 14.7. The number of hydrogen-bond donors (Lipinski definition) is 0. The second-order valence-electron chi connectivity index (χ2n) is 14.0. The minimum atomic E-state index is 0.889. The normalized spacial score (nSPS) is 11.9. The molecule has 1 aliphatic rings. The van der Waals surface area contributed by atoms with Gasteiger partial charge in [0.2, 0.25) is 0 Å². The third-order valence-electron chi connectivity index (χ3n) is 11.0. The Labute approximate surface area is 308 Å². The first kappa shape index (κ1) is 29.7. The summed E-state index contributed by atoms with van der Waals surface area (Å²) in [6.45, 7) is 0. The van der Waals surface area contributed by atoms with Crippen molar-refractivity contribution in [3.63, 3.8) is 0 Å². The molecule has 0 radical (unpaired) electrons. The van der Waals surface area contributed by atoms with Gasteiger partial charge >= 0.3 is 0 Å². The zero-order valence-electron chi connectivity index (χ0n) is 28.9. The number of rotatable bonds is 4. The van der Waals surface area contributed by atoms with Crippen molar-refractivity contribution in [1.82, 2.24) is 0 Å². The molecular formula is C52H32O. The number of benzene rings is 10. The first-order valence-corrected chi connectivity index (χ1v) is 18.3. The van der Waals surface area contributed by atoms with Gasteiger partial charge in [0.15, 0.2) is 0 Å². The molecular weight excluding hydrogens is 641 g/mol. The molecule has 0 aromatic heterocycles. The lowest BCUT2D eigenvalue weighted by Gasteiger charge is -2.22. The fraction of sp³-hybridized carbons (Fsp3) is 0. The Kier molecular flexibility index (Phi) is 6.62. The van der Waals surface area contributed by atoms with Crippen LogP contribution in [0.2, 0.25) is 0 Å². The Balaban J connectivity index is 1.22. The molecule has 0 amide bonds. The zero-order chi connectivity index (χ0) is 34.9. The smallest absolute Gasteiger partial charge is 0.135 e. The molecule has 246 valence electrons. The van der Waals surface area contributed by atoms with Crippen LogP contribution in [-0.4, -0.2) is 0 Å². The van der Waals surface area contributed by atoms with Gasteiger partial charge in [0.1, 0.15) is 11.5 Å². The van der Waals surface area contributed by atoms with Gasteiger partial charge in [-0.05, 0) is 124 Å². The van der Waals surface area contributed by atoms with Crippen LogP contribution in [-0.2, 0) is 0 Å². The molecule has 0 fully saturated rings. The van der Waals surface area contributed by atoms with E-state index in [9.17, 15) is 0 Å². The Bertz CT molecular complexity index is 3060. The summed E-state index contributed by atoms with van der Waals surface area (Å²) in [6, 6.07) is 70.7. The molecule has 0 saturated carbocycles. The first-order chi connectivity index (χ1) is 26.3. The highest BCUT2D eigenvalue weighted by atomic mass is 16.5. The van der Waals surface area contributed by atoms with E-state index in [0.29, 0.717) is 0 Å². The fourth-order valence-electron chi connectivity index (χ4n) is 8.64. The SMILES string of the molecule is c1ccc(-c2cc(-c3ccc4c(c3)-c3cccc5cccc(c35)O4)cc(-c3c4ccccc4c(-c4ccccc4)c4c3ccc3ccccc34)c2)cc1. The lowest BCUT2D eigenvalue weighted by atomic mass is 9.83. The van der Waals surface area contributed by atoms with Crippen molar-refractivity contribution in [1.29, 1.82) is 0 Å². The molecule has 1 heterocycles. The summed E-state index contributed by atoms with van der Waals surface area (Å²) >= 11 is 0. The van der Waals surface area contributed by atoms with E-state index in [4.69, 9.17) is 4.74 Å². The van der Waals surface area contributed by atoms with Gasteiger partial charge in [-0.25, -0.2) is 0 Å². The van der Waals surface area contributed by atoms with Gasteiger partial charge < -0.3 is 4.74 Å². The molecule has 1 heteroatoms. The summed E-state index contributed by atoms with van der Waals surface area (Å²) in [7, 11) is 0. The molecule has 0 spiro atoms. The Morgan fingerprint density at radius 2 is 0.887 bits per heavy atom. The van der Waals surface area contributed by atoms with Crippen molar-refractivity contribution >= 4 is 43.1 Å². The van der Waals surface area contributed by atoms with Crippen LogP contribution in [0, 0.1) is 0 Å². The van der Waals surface area contributed by atoms with Crippen molar-refractivity contribution in [3.05, 3.63) is 194 Å². The highest BCUT2D eigenvalue weighted by molar-refractivity contribution is 6.28. The van der Waals surface area contributed by atoms with Crippen LogP contribution in [0.25, 0.3) is 98.7 Å². The highest BCUT2D eigenvalue weighted by Gasteiger charge is 2.22. The maximum atomic E-state index is 6.51. The number of hydrogen-bond acceptors (Lipinski definition) is 1. The van der Waals surface area contributed by atoms with Crippen molar-refractivity contribution in [2.24, 2.45) is 0 Å². The second kappa shape index (κ2) is 11.8. The van der Waals surface area contributed by atoms with Crippen molar-refractivity contribution in [2.75, 3.05) is 0 Å². The van der Waals surface area contributed by atoms with E-state index in [1.54, 1.807) is 0 Å². The van der Waals surface area contributed by atoms with Crippen LogP contribution < -0.4 is 4.74 Å². The van der Waals surface area contributed by atoms with Crippen LogP contribution in [0.3, 0.4) is 0 Å². The average molecular weight is 673 g/mol. The minimum Gasteiger partial charge on any atom is -0.456 e. The highest BCUT2D eigenvalue weighted by Crippen LogP contribution is 2.50. The Morgan fingerprint density at radius 3 is 1.68 bits per heavy atom. The fourth-order valence-corrected chi connectivity index (χ4v) is 8.64. The average Bonchev–Trinajstić information content (AvgIpc) is 3.23. The van der Waals surface area contributed by atoms with E-state index in [2.05, 4.69) is 194 Å². The van der Waals surface area contributed by atoms with E-state index < -0.39 is 0 Å². The lowest BCUT2D eigenvalue weighted by Crippen LogP contribution is -1.97. The van der Waals surface area contributed by atoms with Crippen molar-refractivity contribution in [3.8, 4) is 67.1 Å². The lowest BCUT2D eigenvalue weighted by molar-refractivity contribution is 0.487. The molecule has 1 nitrogen and oxygen atoms in total. The molecule has 11 rings (SSSR count). The molecule has 10 aromatic carbocycles. The molecule has 53 heavy (non-hydrogen) atoms. The minimum absolute atomic E-state index is 0.889. The van der Waals surface area contributed by atoms with E-state index in [1.807, 2.05) is 0 Å². The van der Waals surface area contributed by atoms with E-state index in [1.165, 1.54) is 87.6 Å². The number of ether oxygens (including phenoxy) is 1. The Morgan fingerprint density at radius 1 is 0.264 bits per heavy atom. The van der Waals surface area contributed by atoms with Crippen LogP contribution in [0.1, 0.15) is 0 Å². The quantitative estimate of drug-likeness (QED) is 0.134. The van der Waals surface area contributed by atoms with Crippen molar-refractivity contribution < 1.29 is 4.74 Å². The summed E-state index contributed by atoms with van der Waals surface area (Å²) in [6.07, 6.45) is 0. The van der Waals surface area contributed by atoms with Crippen LogP contribution >= 0.6 is 0 Å². The van der Waals surface area contributed by atoms with Gasteiger partial charge in [-0.2, -0.15) is 0 Å². The molecule has 0 aliphatic carbocycles. The third-order valence-corrected chi connectivity index (χ3v) is 11.0. The zero-order valence-corrected chi connectivity index (χ0v) is 28.9. The van der Waals surface area contributed by atoms with Gasteiger partial charge in [0, 0.05) is 10.9 Å². The maximum Gasteiger partial charge on any atom is 0.135 e. The topological polar surface area (TPSA) is 9.23 Å². The standard InChI is InChI=1S/C52H32O/c1-3-13-33(14-4-1)38-29-39(37-26-28-47-46(32-37)44-23-11-18-35-19-12-24-48(53-47)50(35)44)31-40(30-38)49-42-21-9-10-22-43(42)51(36-16-5-2-6-17-36)52-41-20-8-7-15-34(41)25-27-45(49)52/h1-32H. The molecule has 0 bridgehead atoms. The summed E-state index contributed by atoms with van der Waals surface area (Å²) in [4.78, 5) is 0. The van der Waals surface area contributed by atoms with E-state index >= 15 is 0 Å². The van der Waals surface area contributed by atoms with Gasteiger partial charge in [-0.1, -0.05) is 158 Å². The van der Waals surface area contributed by atoms with E-state index in [0.717, 1.165) is 22.6 Å². The molecule has 0 atom stereocenters. The van der Waals surface area contributed by atoms with Gasteiger partial charge in [0.25, 0.3) is 0 Å². The van der Waals surface area contributed by atoms with Gasteiger partial charge in [0.05, 0.1) is 0 Å². The first-order valence-electron chi connectivity index (χ1n) is 18.3. The molecule has 0 N–H and O–H groups in total. The summed E-state index contributed by atoms with van der Waals surface area (Å²) in [5.41, 5.74) is 12.0. The van der Waals surface area contributed by atoms with E-state index in [-0.39, 0.29) is 0 Å². The molecule has 0 unspecified atom stereocenters. The summed E-state index contributed by atoms with van der Waals surface area (Å²) in [5.74, 6) is 1.80. The summed E-state index contributed by atoms with van der Waals surface area (Å²) in [5, 5.41) is 9.89. The number of fused-ring (bicyclic) bond motifs is 6. The molecule has 0 saturated heterocycles. The largest absolute Gasteiger partial charge is 0.456 e. The van der Waals surface area contributed by atoms with Crippen LogP contribution in [0.15, 0.2) is 194 Å². The second-order valence-corrected chi connectivity index (χ2v) is 14.0. The van der Waals surface area contributed by atoms with Crippen LogP contribution in [0.4, 0.5) is 0 Å². The molecule has 1 aliphatic heterocycles. The molecule has 10 aromatic rings. The van der Waals surface area contributed by atoms with Crippen LogP contribution in [0.5, 0.6) is 11.5 Å². The maximum absolute atomic E-state index is 6.51. The third kappa shape index (κ3) is 4.71. The Hall–Kier alpha value is -6.96. The van der Waals surface area contributed by atoms with Crippen molar-refractivity contribution in [2.45, 2.75) is 0 Å². The van der Waals surface area contributed by atoms with Gasteiger partial charge in [-0.15, -0.1) is 0 Å². The van der Waals surface area contributed by atoms with Gasteiger partial charge in [-0.3, -0.25) is 0 Å². The predicted molar refractivity (Wildman–Crippen MR) is 224 cm³/mol. The summed E-state index contributed by atoms with van der Waals surface area (Å²) < 4.78 is 6.51. The monoisotopic (exact) mass is 672 g/mol.